The first-order valence-electron chi connectivity index (χ1n) is 5.16. The Bertz CT molecular complexity index is 229. The zero-order valence-corrected chi connectivity index (χ0v) is 10.5. The first kappa shape index (κ1) is 14.2. The lowest BCUT2D eigenvalue weighted by Gasteiger charge is -2.29. The van der Waals surface area contributed by atoms with Crippen LogP contribution in [0.1, 0.15) is 27.7 Å². The van der Waals surface area contributed by atoms with Crippen molar-refractivity contribution in [3.63, 3.8) is 0 Å². The molecule has 0 aromatic rings. The van der Waals surface area contributed by atoms with Crippen molar-refractivity contribution < 1.29 is 14.3 Å². The Kier molecular flexibility index (Phi) is 5.58. The molecule has 88 valence electrons. The molecule has 0 heterocycles. The molecule has 0 saturated carbocycles. The van der Waals surface area contributed by atoms with Crippen LogP contribution < -0.4 is 0 Å². The van der Waals surface area contributed by atoms with E-state index in [4.69, 9.17) is 9.47 Å². The number of esters is 1. The molecule has 0 spiro atoms. The van der Waals surface area contributed by atoms with Crippen molar-refractivity contribution in [3.8, 4) is 0 Å². The number of ether oxygens (including phenoxy) is 2. The highest BCUT2D eigenvalue weighted by molar-refractivity contribution is 5.75. The van der Waals surface area contributed by atoms with E-state index in [-0.39, 0.29) is 11.9 Å². The highest BCUT2D eigenvalue weighted by Crippen LogP contribution is 2.23. The van der Waals surface area contributed by atoms with Crippen LogP contribution in [0.2, 0.25) is 0 Å². The van der Waals surface area contributed by atoms with Gasteiger partial charge >= 0.3 is 5.97 Å². The van der Waals surface area contributed by atoms with Crippen LogP contribution in [-0.2, 0) is 14.3 Å². The summed E-state index contributed by atoms with van der Waals surface area (Å²) in [5.74, 6) is -0.224. The van der Waals surface area contributed by atoms with E-state index < -0.39 is 5.60 Å². The maximum absolute atomic E-state index is 11.6. The Balaban J connectivity index is 4.82. The van der Waals surface area contributed by atoms with Gasteiger partial charge in [-0.25, -0.2) is 0 Å². The lowest BCUT2D eigenvalue weighted by Crippen LogP contribution is -2.38. The van der Waals surface area contributed by atoms with E-state index in [1.165, 1.54) is 7.11 Å². The molecule has 3 heteroatoms. The summed E-state index contributed by atoms with van der Waals surface area (Å²) in [4.78, 5) is 11.6. The van der Waals surface area contributed by atoms with E-state index in [0.29, 0.717) is 5.92 Å². The van der Waals surface area contributed by atoms with Crippen molar-refractivity contribution in [2.75, 3.05) is 14.2 Å². The smallest absolute Gasteiger partial charge is 0.315 e. The predicted octanol–water partition coefficient (Wildman–Crippen LogP) is 2.41. The lowest BCUT2D eigenvalue weighted by atomic mass is 9.89. The van der Waals surface area contributed by atoms with Gasteiger partial charge in [0.05, 0.1) is 12.7 Å². The van der Waals surface area contributed by atoms with Gasteiger partial charge in [0.25, 0.3) is 0 Å². The van der Waals surface area contributed by atoms with Crippen molar-refractivity contribution in [1.82, 2.24) is 0 Å². The van der Waals surface area contributed by atoms with Crippen molar-refractivity contribution in [2.24, 2.45) is 11.8 Å². The fraction of sp³-hybridized carbons (Fsp3) is 0.750. The topological polar surface area (TPSA) is 35.5 Å². The fourth-order valence-electron chi connectivity index (χ4n) is 1.18. The third-order valence-electron chi connectivity index (χ3n) is 2.42. The molecule has 0 aliphatic heterocycles. The van der Waals surface area contributed by atoms with Crippen LogP contribution in [0.3, 0.4) is 0 Å². The number of hydrogen-bond donors (Lipinski definition) is 0. The van der Waals surface area contributed by atoms with Crippen LogP contribution in [0.4, 0.5) is 0 Å². The molecule has 0 aliphatic carbocycles. The summed E-state index contributed by atoms with van der Waals surface area (Å²) < 4.78 is 10.1. The molecule has 0 aromatic carbocycles. The standard InChI is InChI=1S/C12H22O3/c1-9(2)7-8-10(11(13)14-5)12(3,4)15-6/h7-10H,1-6H3/b8-7+. The van der Waals surface area contributed by atoms with E-state index in [9.17, 15) is 4.79 Å². The molecule has 0 fully saturated rings. The minimum atomic E-state index is -0.543. The number of hydrogen-bond acceptors (Lipinski definition) is 3. The Hall–Kier alpha value is -0.830. The van der Waals surface area contributed by atoms with E-state index in [1.54, 1.807) is 7.11 Å². The number of methoxy groups -OCH3 is 2. The molecular formula is C12H22O3. The highest BCUT2D eigenvalue weighted by atomic mass is 16.5. The maximum atomic E-state index is 11.6. The Morgan fingerprint density at radius 1 is 1.20 bits per heavy atom. The summed E-state index contributed by atoms with van der Waals surface area (Å²) >= 11 is 0. The van der Waals surface area contributed by atoms with Crippen molar-refractivity contribution >= 4 is 5.97 Å². The molecule has 0 aliphatic rings. The summed E-state index contributed by atoms with van der Waals surface area (Å²) in [7, 11) is 2.99. The summed E-state index contributed by atoms with van der Waals surface area (Å²) in [6, 6.07) is 0. The van der Waals surface area contributed by atoms with Crippen molar-refractivity contribution in [3.05, 3.63) is 12.2 Å². The average Bonchev–Trinajstić information content (AvgIpc) is 2.16. The molecular weight excluding hydrogens is 192 g/mol. The zero-order chi connectivity index (χ0) is 12.1. The SMILES string of the molecule is COC(=O)C(/C=C/C(C)C)C(C)(C)OC. The molecule has 0 saturated heterocycles. The molecule has 0 aromatic heterocycles. The van der Waals surface area contributed by atoms with Gasteiger partial charge in [0.2, 0.25) is 0 Å². The second-order valence-corrected chi connectivity index (χ2v) is 4.44. The van der Waals surface area contributed by atoms with Gasteiger partial charge < -0.3 is 9.47 Å². The largest absolute Gasteiger partial charge is 0.468 e. The normalized spacial score (nSPS) is 14.6. The summed E-state index contributed by atoms with van der Waals surface area (Å²) in [5.41, 5.74) is -0.543. The molecule has 1 unspecified atom stereocenters. The number of allylic oxidation sites excluding steroid dienone is 1. The summed E-state index contributed by atoms with van der Waals surface area (Å²) in [6.07, 6.45) is 3.85. The van der Waals surface area contributed by atoms with Gasteiger partial charge in [-0.1, -0.05) is 26.0 Å². The predicted molar refractivity (Wildman–Crippen MR) is 60.6 cm³/mol. The van der Waals surface area contributed by atoms with Crippen molar-refractivity contribution in [2.45, 2.75) is 33.3 Å². The van der Waals surface area contributed by atoms with Crippen LogP contribution in [0, 0.1) is 11.8 Å². The van der Waals surface area contributed by atoms with Crippen LogP contribution in [0.25, 0.3) is 0 Å². The molecule has 0 radical (unpaired) electrons. The van der Waals surface area contributed by atoms with Gasteiger partial charge in [-0.3, -0.25) is 4.79 Å². The van der Waals surface area contributed by atoms with E-state index in [1.807, 2.05) is 26.0 Å². The van der Waals surface area contributed by atoms with E-state index >= 15 is 0 Å². The second kappa shape index (κ2) is 5.91. The quantitative estimate of drug-likeness (QED) is 0.521. The molecule has 0 N–H and O–H groups in total. The van der Waals surface area contributed by atoms with Gasteiger partial charge in [0.15, 0.2) is 0 Å². The summed E-state index contributed by atoms with van der Waals surface area (Å²) in [5, 5.41) is 0. The van der Waals surface area contributed by atoms with Gasteiger partial charge in [-0.15, -0.1) is 0 Å². The number of carbonyl (C=O) groups excluding carboxylic acids is 1. The minimum absolute atomic E-state index is 0.265. The lowest BCUT2D eigenvalue weighted by molar-refractivity contribution is -0.152. The van der Waals surface area contributed by atoms with Crippen molar-refractivity contribution in [1.29, 1.82) is 0 Å². The van der Waals surface area contributed by atoms with Crippen LogP contribution in [0.15, 0.2) is 12.2 Å². The summed E-state index contributed by atoms with van der Waals surface area (Å²) in [6.45, 7) is 7.87. The van der Waals surface area contributed by atoms with Gasteiger partial charge in [-0.05, 0) is 19.8 Å². The van der Waals surface area contributed by atoms with Crippen LogP contribution >= 0.6 is 0 Å². The molecule has 1 atom stereocenters. The molecule has 0 bridgehead atoms. The van der Waals surface area contributed by atoms with E-state index in [2.05, 4.69) is 13.8 Å². The highest BCUT2D eigenvalue weighted by Gasteiger charge is 2.34. The maximum Gasteiger partial charge on any atom is 0.315 e. The Morgan fingerprint density at radius 2 is 1.73 bits per heavy atom. The third-order valence-corrected chi connectivity index (χ3v) is 2.42. The monoisotopic (exact) mass is 214 g/mol. The second-order valence-electron chi connectivity index (χ2n) is 4.44. The number of carbonyl (C=O) groups is 1. The average molecular weight is 214 g/mol. The first-order chi connectivity index (χ1) is 6.85. The van der Waals surface area contributed by atoms with Crippen LogP contribution in [-0.4, -0.2) is 25.8 Å². The van der Waals surface area contributed by atoms with E-state index in [0.717, 1.165) is 0 Å². The van der Waals surface area contributed by atoms with Crippen LogP contribution in [0.5, 0.6) is 0 Å². The molecule has 0 rings (SSSR count). The van der Waals surface area contributed by atoms with Gasteiger partial charge in [0, 0.05) is 7.11 Å². The molecule has 3 nitrogen and oxygen atoms in total. The minimum Gasteiger partial charge on any atom is -0.468 e. The zero-order valence-electron chi connectivity index (χ0n) is 10.5. The molecule has 0 amide bonds. The van der Waals surface area contributed by atoms with Gasteiger partial charge in [0.1, 0.15) is 5.92 Å². The third kappa shape index (κ3) is 4.47. The van der Waals surface area contributed by atoms with Gasteiger partial charge in [-0.2, -0.15) is 0 Å². The number of rotatable bonds is 5. The Labute approximate surface area is 92.5 Å². The first-order valence-corrected chi connectivity index (χ1v) is 5.16. The fourth-order valence-corrected chi connectivity index (χ4v) is 1.18. The molecule has 15 heavy (non-hydrogen) atoms. The Morgan fingerprint density at radius 3 is 2.07 bits per heavy atom.